The summed E-state index contributed by atoms with van der Waals surface area (Å²) in [6, 6.07) is 3.33. The minimum absolute atomic E-state index is 0.145. The van der Waals surface area contributed by atoms with Crippen molar-refractivity contribution in [1.29, 1.82) is 0 Å². The molecule has 9 heteroatoms. The van der Waals surface area contributed by atoms with Crippen molar-refractivity contribution in [3.05, 3.63) is 28.4 Å². The fourth-order valence-corrected chi connectivity index (χ4v) is 3.82. The summed E-state index contributed by atoms with van der Waals surface area (Å²) in [5, 5.41) is 8.52. The Morgan fingerprint density at radius 3 is 2.38 bits per heavy atom. The van der Waals surface area contributed by atoms with Gasteiger partial charge in [-0.3, -0.25) is 0 Å². The second-order valence-corrected chi connectivity index (χ2v) is 7.47. The number of rotatable bonds is 5. The highest BCUT2D eigenvalue weighted by molar-refractivity contribution is 14.1. The van der Waals surface area contributed by atoms with Gasteiger partial charge in [0, 0.05) is 10.7 Å². The lowest BCUT2D eigenvalue weighted by molar-refractivity contribution is -0.182. The lowest BCUT2D eigenvalue weighted by atomic mass is 10.1. The smallest absolute Gasteiger partial charge is 0.378 e. The van der Waals surface area contributed by atoms with Crippen molar-refractivity contribution in [2.75, 3.05) is 0 Å². The highest BCUT2D eigenvalue weighted by Crippen LogP contribution is 2.28. The normalized spacial score (nSPS) is 12.9. The number of halogens is 5. The van der Waals surface area contributed by atoms with E-state index in [0.717, 1.165) is 7.14 Å². The van der Waals surface area contributed by atoms with Crippen LogP contribution in [-0.4, -0.2) is 29.1 Å². The van der Waals surface area contributed by atoms with Crippen LogP contribution in [0.5, 0.6) is 0 Å². The molecule has 1 rings (SSSR count). The average molecular weight is 636 g/mol. The quantitative estimate of drug-likeness (QED) is 0.300. The van der Waals surface area contributed by atoms with E-state index in [-0.39, 0.29) is 12.0 Å². The number of hydrogen-bond acceptors (Lipinski definition) is 3. The summed E-state index contributed by atoms with van der Waals surface area (Å²) in [6.45, 7) is 1.33. The predicted molar refractivity (Wildman–Crippen MR) is 96.7 cm³/mol. The molecule has 0 radical (unpaired) electrons. The molecular weight excluding hydrogens is 627 g/mol. The molecule has 0 saturated heterocycles. The van der Waals surface area contributed by atoms with Crippen LogP contribution in [0.4, 0.5) is 8.78 Å². The molecule has 0 heterocycles. The number of carboxylic acid groups (broad SMARTS) is 1. The van der Waals surface area contributed by atoms with E-state index < -0.39 is 24.0 Å². The molecule has 1 unspecified atom stereocenters. The van der Waals surface area contributed by atoms with Crippen LogP contribution in [0.15, 0.2) is 12.1 Å². The van der Waals surface area contributed by atoms with Gasteiger partial charge in [-0.15, -0.1) is 0 Å². The van der Waals surface area contributed by atoms with Crippen LogP contribution in [0.25, 0.3) is 0 Å². The molecule has 1 N–H and O–H groups in total. The number of esters is 1. The van der Waals surface area contributed by atoms with Gasteiger partial charge in [0.1, 0.15) is 0 Å². The van der Waals surface area contributed by atoms with Gasteiger partial charge >= 0.3 is 17.9 Å². The first-order valence-electron chi connectivity index (χ1n) is 5.58. The SMILES string of the molecule is CCC(OC(=O)c1cc(I)cc(I)c1I)C(F)(F)C(=O)O. The third kappa shape index (κ3) is 4.59. The second kappa shape index (κ2) is 7.66. The van der Waals surface area contributed by atoms with E-state index in [1.54, 1.807) is 0 Å². The summed E-state index contributed by atoms with van der Waals surface area (Å²) in [5.41, 5.74) is 0.145. The van der Waals surface area contributed by atoms with Gasteiger partial charge in [-0.05, 0) is 86.3 Å². The largest absolute Gasteiger partial charge is 0.477 e. The Bertz CT molecular complexity index is 578. The Morgan fingerprint density at radius 1 is 1.33 bits per heavy atom. The van der Waals surface area contributed by atoms with Crippen molar-refractivity contribution in [2.45, 2.75) is 25.4 Å². The van der Waals surface area contributed by atoms with Crippen molar-refractivity contribution >= 4 is 79.7 Å². The van der Waals surface area contributed by atoms with Crippen LogP contribution in [0.1, 0.15) is 23.7 Å². The van der Waals surface area contributed by atoms with Gasteiger partial charge in [0.05, 0.1) is 5.56 Å². The van der Waals surface area contributed by atoms with Crippen LogP contribution in [0, 0.1) is 10.7 Å². The zero-order valence-corrected chi connectivity index (χ0v) is 17.0. The maximum atomic E-state index is 13.5. The number of aliphatic carboxylic acids is 1. The summed E-state index contributed by atoms with van der Waals surface area (Å²) >= 11 is 5.92. The van der Waals surface area contributed by atoms with Crippen molar-refractivity contribution < 1.29 is 28.2 Å². The molecule has 21 heavy (non-hydrogen) atoms. The molecule has 0 aliphatic rings. The van der Waals surface area contributed by atoms with Crippen LogP contribution >= 0.6 is 67.8 Å². The zero-order valence-electron chi connectivity index (χ0n) is 10.5. The van der Waals surface area contributed by atoms with Crippen LogP contribution in [0.3, 0.4) is 0 Å². The van der Waals surface area contributed by atoms with E-state index in [1.807, 2.05) is 73.8 Å². The Hall–Kier alpha value is 0.210. The fraction of sp³-hybridized carbons (Fsp3) is 0.333. The summed E-state index contributed by atoms with van der Waals surface area (Å²) in [6.07, 6.45) is -2.31. The van der Waals surface area contributed by atoms with Gasteiger partial charge in [0.25, 0.3) is 0 Å². The first kappa shape index (κ1) is 19.3. The minimum atomic E-state index is -4.12. The topological polar surface area (TPSA) is 63.6 Å². The molecule has 0 aliphatic carbocycles. The Morgan fingerprint density at radius 2 is 1.90 bits per heavy atom. The molecule has 0 amide bonds. The van der Waals surface area contributed by atoms with Crippen molar-refractivity contribution in [3.63, 3.8) is 0 Å². The summed E-state index contributed by atoms with van der Waals surface area (Å²) in [5.74, 6) is -7.39. The third-order valence-electron chi connectivity index (χ3n) is 2.52. The first-order valence-corrected chi connectivity index (χ1v) is 8.81. The van der Waals surface area contributed by atoms with Crippen LogP contribution in [0.2, 0.25) is 0 Å². The lowest BCUT2D eigenvalue weighted by Gasteiger charge is -2.22. The number of benzene rings is 1. The number of carboxylic acids is 1. The Balaban J connectivity index is 3.08. The molecule has 1 aromatic carbocycles. The average Bonchev–Trinajstić information content (AvgIpc) is 2.39. The Labute approximate surface area is 160 Å². The monoisotopic (exact) mass is 636 g/mol. The highest BCUT2D eigenvalue weighted by Gasteiger charge is 2.49. The molecule has 0 aliphatic heterocycles. The summed E-state index contributed by atoms with van der Waals surface area (Å²) < 4.78 is 33.8. The van der Waals surface area contributed by atoms with Crippen LogP contribution < -0.4 is 0 Å². The molecular formula is C12H9F2I3O4. The van der Waals surface area contributed by atoms with E-state index in [4.69, 9.17) is 9.84 Å². The van der Waals surface area contributed by atoms with E-state index in [2.05, 4.69) is 0 Å². The Kier molecular flexibility index (Phi) is 7.02. The number of carbonyl (C=O) groups excluding carboxylic acids is 1. The molecule has 0 bridgehead atoms. The number of carbonyl (C=O) groups is 2. The van der Waals surface area contributed by atoms with E-state index in [0.29, 0.717) is 3.57 Å². The highest BCUT2D eigenvalue weighted by atomic mass is 127. The minimum Gasteiger partial charge on any atom is -0.477 e. The van der Waals surface area contributed by atoms with E-state index in [9.17, 15) is 18.4 Å². The number of alkyl halides is 2. The standard InChI is InChI=1S/C12H9F2I3O4/c1-2-8(12(13,14)11(19)20)21-10(18)6-3-5(15)4-7(16)9(6)17/h3-4,8H,2H2,1H3,(H,19,20). The maximum absolute atomic E-state index is 13.5. The number of ether oxygens (including phenoxy) is 1. The molecule has 1 aromatic rings. The second-order valence-electron chi connectivity index (χ2n) is 3.98. The van der Waals surface area contributed by atoms with Gasteiger partial charge in [-0.25, -0.2) is 9.59 Å². The van der Waals surface area contributed by atoms with E-state index in [1.165, 1.54) is 13.0 Å². The van der Waals surface area contributed by atoms with Crippen molar-refractivity contribution in [3.8, 4) is 0 Å². The van der Waals surface area contributed by atoms with Gasteiger partial charge in [-0.2, -0.15) is 8.78 Å². The van der Waals surface area contributed by atoms with Gasteiger partial charge < -0.3 is 9.84 Å². The van der Waals surface area contributed by atoms with Gasteiger partial charge in [0.2, 0.25) is 0 Å². The summed E-state index contributed by atoms with van der Waals surface area (Å²) in [7, 11) is 0. The van der Waals surface area contributed by atoms with Gasteiger partial charge in [-0.1, -0.05) is 6.92 Å². The van der Waals surface area contributed by atoms with Crippen LogP contribution in [-0.2, 0) is 9.53 Å². The molecule has 0 saturated carbocycles. The molecule has 0 aromatic heterocycles. The van der Waals surface area contributed by atoms with Crippen molar-refractivity contribution in [2.24, 2.45) is 0 Å². The molecule has 0 spiro atoms. The molecule has 116 valence electrons. The lowest BCUT2D eigenvalue weighted by Crippen LogP contribution is -2.43. The van der Waals surface area contributed by atoms with E-state index >= 15 is 0 Å². The fourth-order valence-electron chi connectivity index (χ4n) is 1.45. The summed E-state index contributed by atoms with van der Waals surface area (Å²) in [4.78, 5) is 22.6. The zero-order chi connectivity index (χ0) is 16.4. The van der Waals surface area contributed by atoms with Gasteiger partial charge in [0.15, 0.2) is 6.10 Å². The predicted octanol–water partition coefficient (Wildman–Crippen LogP) is 4.16. The maximum Gasteiger partial charge on any atom is 0.378 e. The molecule has 0 fully saturated rings. The first-order chi connectivity index (χ1) is 9.61. The molecule has 4 nitrogen and oxygen atoms in total. The third-order valence-corrected chi connectivity index (χ3v) is 6.19. The van der Waals surface area contributed by atoms with Crippen molar-refractivity contribution in [1.82, 2.24) is 0 Å². The molecule has 1 atom stereocenters. The number of hydrogen-bond donors (Lipinski definition) is 1.